The predicted molar refractivity (Wildman–Crippen MR) is 71.5 cm³/mol. The van der Waals surface area contributed by atoms with Crippen LogP contribution in [0.2, 0.25) is 0 Å². The zero-order valence-electron chi connectivity index (χ0n) is 11.0. The maximum Gasteiger partial charge on any atom is 0.156 e. The fourth-order valence-corrected chi connectivity index (χ4v) is 1.93. The molecule has 0 radical (unpaired) electrons. The van der Waals surface area contributed by atoms with Gasteiger partial charge in [0.1, 0.15) is 17.3 Å². The third kappa shape index (κ3) is 2.54. The summed E-state index contributed by atoms with van der Waals surface area (Å²) in [4.78, 5) is 0. The Kier molecular flexibility index (Phi) is 3.57. The van der Waals surface area contributed by atoms with Gasteiger partial charge in [-0.25, -0.2) is 8.78 Å². The first kappa shape index (κ1) is 13.8. The van der Waals surface area contributed by atoms with Crippen LogP contribution in [-0.4, -0.2) is 0 Å². The van der Waals surface area contributed by atoms with Gasteiger partial charge in [-0.05, 0) is 37.1 Å². The molecule has 0 unspecified atom stereocenters. The Morgan fingerprint density at radius 1 is 1.10 bits per heavy atom. The number of rotatable bonds is 2. The molecule has 0 fully saturated rings. The van der Waals surface area contributed by atoms with Gasteiger partial charge >= 0.3 is 0 Å². The van der Waals surface area contributed by atoms with Crippen molar-refractivity contribution < 1.29 is 13.5 Å². The van der Waals surface area contributed by atoms with Crippen LogP contribution in [-0.2, 0) is 0 Å². The third-order valence-electron chi connectivity index (χ3n) is 2.86. The van der Waals surface area contributed by atoms with E-state index in [1.54, 1.807) is 26.0 Å². The summed E-state index contributed by atoms with van der Waals surface area (Å²) in [6.45, 7) is 3.49. The number of halogens is 2. The van der Waals surface area contributed by atoms with Crippen LogP contribution in [0, 0.1) is 36.8 Å². The van der Waals surface area contributed by atoms with Crippen molar-refractivity contribution in [3.05, 3.63) is 52.6 Å². The molecule has 0 aromatic heterocycles. The Bertz CT molecular complexity index is 698. The summed E-state index contributed by atoms with van der Waals surface area (Å²) >= 11 is 0. The second-order valence-corrected chi connectivity index (χ2v) is 4.45. The maximum absolute atomic E-state index is 13.4. The van der Waals surface area contributed by atoms with Crippen molar-refractivity contribution >= 4 is 5.69 Å². The van der Waals surface area contributed by atoms with Gasteiger partial charge in [-0.3, -0.25) is 0 Å². The van der Waals surface area contributed by atoms with Crippen molar-refractivity contribution in [2.24, 2.45) is 0 Å². The molecule has 5 heteroatoms. The molecule has 0 spiro atoms. The molecule has 20 heavy (non-hydrogen) atoms. The van der Waals surface area contributed by atoms with Crippen LogP contribution < -0.4 is 10.5 Å². The molecule has 2 aromatic carbocycles. The van der Waals surface area contributed by atoms with Gasteiger partial charge in [-0.2, -0.15) is 5.26 Å². The highest BCUT2D eigenvalue weighted by Crippen LogP contribution is 2.34. The lowest BCUT2D eigenvalue weighted by molar-refractivity contribution is 0.465. The first-order chi connectivity index (χ1) is 9.42. The predicted octanol–water partition coefficient (Wildman–Crippen LogP) is 3.83. The van der Waals surface area contributed by atoms with Gasteiger partial charge in [0.2, 0.25) is 0 Å². The Labute approximate surface area is 115 Å². The SMILES string of the molecule is Cc1cc(C#N)cc(C)c1Oc1cc(F)cc(F)c1N. The second-order valence-electron chi connectivity index (χ2n) is 4.45. The summed E-state index contributed by atoms with van der Waals surface area (Å²) in [6.07, 6.45) is 0. The largest absolute Gasteiger partial charge is 0.454 e. The van der Waals surface area contributed by atoms with E-state index >= 15 is 0 Å². The zero-order valence-corrected chi connectivity index (χ0v) is 11.0. The Morgan fingerprint density at radius 3 is 2.25 bits per heavy atom. The third-order valence-corrected chi connectivity index (χ3v) is 2.86. The van der Waals surface area contributed by atoms with Crippen molar-refractivity contribution in [3.63, 3.8) is 0 Å². The molecule has 2 rings (SSSR count). The number of nitrogens with two attached hydrogens (primary N) is 1. The molecule has 3 nitrogen and oxygen atoms in total. The van der Waals surface area contributed by atoms with Crippen molar-refractivity contribution in [2.75, 3.05) is 5.73 Å². The van der Waals surface area contributed by atoms with Gasteiger partial charge in [-0.1, -0.05) is 0 Å². The first-order valence-corrected chi connectivity index (χ1v) is 5.86. The van der Waals surface area contributed by atoms with Gasteiger partial charge in [-0.15, -0.1) is 0 Å². The number of hydrogen-bond donors (Lipinski definition) is 1. The lowest BCUT2D eigenvalue weighted by atomic mass is 10.1. The summed E-state index contributed by atoms with van der Waals surface area (Å²) in [6, 6.07) is 7.01. The normalized spacial score (nSPS) is 10.2. The van der Waals surface area contributed by atoms with Gasteiger partial charge in [0, 0.05) is 12.1 Å². The number of nitrogens with zero attached hydrogens (tertiary/aromatic N) is 1. The minimum atomic E-state index is -0.871. The number of anilines is 1. The molecule has 0 aliphatic rings. The lowest BCUT2D eigenvalue weighted by Crippen LogP contribution is -1.99. The molecular formula is C15H12F2N2O. The Morgan fingerprint density at radius 2 is 1.70 bits per heavy atom. The van der Waals surface area contributed by atoms with E-state index in [4.69, 9.17) is 15.7 Å². The quantitative estimate of drug-likeness (QED) is 0.847. The molecule has 2 aromatic rings. The zero-order chi connectivity index (χ0) is 14.9. The van der Waals surface area contributed by atoms with Crippen molar-refractivity contribution in [3.8, 4) is 17.6 Å². The Hall–Kier alpha value is -2.61. The highest BCUT2D eigenvalue weighted by atomic mass is 19.1. The molecule has 0 amide bonds. The van der Waals surface area contributed by atoms with Crippen molar-refractivity contribution in [1.82, 2.24) is 0 Å². The van der Waals surface area contributed by atoms with E-state index < -0.39 is 11.6 Å². The van der Waals surface area contributed by atoms with Crippen LogP contribution in [0.15, 0.2) is 24.3 Å². The molecule has 0 bridgehead atoms. The highest BCUT2D eigenvalue weighted by Gasteiger charge is 2.13. The molecule has 102 valence electrons. The molecule has 0 aliphatic carbocycles. The highest BCUT2D eigenvalue weighted by molar-refractivity contribution is 5.57. The van der Waals surface area contributed by atoms with E-state index in [2.05, 4.69) is 0 Å². The minimum Gasteiger partial charge on any atom is -0.454 e. The molecular weight excluding hydrogens is 262 g/mol. The lowest BCUT2D eigenvalue weighted by Gasteiger charge is -2.14. The molecule has 0 saturated carbocycles. The molecule has 0 aliphatic heterocycles. The van der Waals surface area contributed by atoms with Crippen LogP contribution in [0.4, 0.5) is 14.5 Å². The van der Waals surface area contributed by atoms with E-state index in [1.807, 2.05) is 6.07 Å². The van der Waals surface area contributed by atoms with Crippen molar-refractivity contribution in [1.29, 1.82) is 5.26 Å². The van der Waals surface area contributed by atoms with Gasteiger partial charge in [0.05, 0.1) is 11.6 Å². The van der Waals surface area contributed by atoms with Gasteiger partial charge < -0.3 is 10.5 Å². The number of ether oxygens (including phenoxy) is 1. The molecule has 2 N–H and O–H groups in total. The molecule has 0 saturated heterocycles. The standard InChI is InChI=1S/C15H12F2N2O/c1-8-3-10(7-18)4-9(2)15(8)20-13-6-11(16)5-12(17)14(13)19/h3-6H,19H2,1-2H3. The van der Waals surface area contributed by atoms with Crippen LogP contribution in [0.25, 0.3) is 0 Å². The van der Waals surface area contributed by atoms with Crippen LogP contribution in [0.5, 0.6) is 11.5 Å². The second kappa shape index (κ2) is 5.17. The van der Waals surface area contributed by atoms with Crippen molar-refractivity contribution in [2.45, 2.75) is 13.8 Å². The minimum absolute atomic E-state index is 0.0848. The monoisotopic (exact) mass is 274 g/mol. The number of nitrogen functional groups attached to an aromatic ring is 1. The first-order valence-electron chi connectivity index (χ1n) is 5.86. The number of nitriles is 1. The summed E-state index contributed by atoms with van der Waals surface area (Å²) in [5, 5.41) is 8.87. The fraction of sp³-hybridized carbons (Fsp3) is 0.133. The smallest absolute Gasteiger partial charge is 0.156 e. The van der Waals surface area contributed by atoms with Crippen LogP contribution >= 0.6 is 0 Å². The van der Waals surface area contributed by atoms with E-state index in [0.29, 0.717) is 28.5 Å². The Balaban J connectivity index is 2.49. The topological polar surface area (TPSA) is 59.0 Å². The average Bonchev–Trinajstić information content (AvgIpc) is 2.38. The average molecular weight is 274 g/mol. The van der Waals surface area contributed by atoms with E-state index in [-0.39, 0.29) is 11.4 Å². The molecule has 0 atom stereocenters. The fourth-order valence-electron chi connectivity index (χ4n) is 1.93. The number of benzene rings is 2. The summed E-state index contributed by atoms with van der Waals surface area (Å²) in [5.74, 6) is -1.29. The van der Waals surface area contributed by atoms with Gasteiger partial charge in [0.25, 0.3) is 0 Å². The molecule has 0 heterocycles. The van der Waals surface area contributed by atoms with E-state index in [9.17, 15) is 8.78 Å². The van der Waals surface area contributed by atoms with Crippen LogP contribution in [0.3, 0.4) is 0 Å². The number of hydrogen-bond acceptors (Lipinski definition) is 3. The van der Waals surface area contributed by atoms with E-state index in [0.717, 1.165) is 6.07 Å². The van der Waals surface area contributed by atoms with E-state index in [1.165, 1.54) is 0 Å². The van der Waals surface area contributed by atoms with Gasteiger partial charge in [0.15, 0.2) is 11.6 Å². The number of aryl methyl sites for hydroxylation is 2. The van der Waals surface area contributed by atoms with Crippen LogP contribution in [0.1, 0.15) is 16.7 Å². The summed E-state index contributed by atoms with van der Waals surface area (Å²) in [7, 11) is 0. The summed E-state index contributed by atoms with van der Waals surface area (Å²) in [5.41, 5.74) is 7.14. The maximum atomic E-state index is 13.4. The summed E-state index contributed by atoms with van der Waals surface area (Å²) < 4.78 is 32.1.